The number of methoxy groups -OCH3 is 5. The average molecular weight is 1350 g/mol. The molecule has 2 fully saturated rings. The Morgan fingerprint density at radius 1 is 0.561 bits per heavy atom. The molecule has 12 rings (SSSR count). The summed E-state index contributed by atoms with van der Waals surface area (Å²) in [6.45, 7) is 7.49. The SMILES string of the molecule is CC1(c2ccco2)OCCO1.COC(=O)C(=O)C=C(O)c1ccc(Cc2ccccc2OC)o1.COc1ccccc1C(O)c1ccc(C2(C)OCCO2)o1.COc1ccccc1Cc1ccc(C(=O)C2=C(O)C(=O)C(N(C)C)C2)o1.COc1ccccc1Cc1ccc(C(C)=O)o1. The fourth-order valence-corrected chi connectivity index (χ4v) is 10.4. The van der Waals surface area contributed by atoms with E-state index in [4.69, 9.17) is 60.0 Å². The highest BCUT2D eigenvalue weighted by atomic mass is 16.7. The topological polar surface area (TPSA) is 298 Å². The maximum Gasteiger partial charge on any atom is 0.378 e. The van der Waals surface area contributed by atoms with Crippen molar-refractivity contribution in [3.8, 4) is 23.0 Å². The lowest BCUT2D eigenvalue weighted by Crippen LogP contribution is -2.33. The van der Waals surface area contributed by atoms with E-state index in [1.54, 1.807) is 109 Å². The molecular weight excluding hydrogens is 1270 g/mol. The highest BCUT2D eigenvalue weighted by Gasteiger charge is 2.40. The first-order chi connectivity index (χ1) is 47.1. The Kier molecular flexibility index (Phi) is 25.7. The first-order valence-corrected chi connectivity index (χ1v) is 31.0. The van der Waals surface area contributed by atoms with Gasteiger partial charge in [-0.25, -0.2) is 4.79 Å². The predicted octanol–water partition coefficient (Wildman–Crippen LogP) is 12.5. The molecule has 0 bridgehead atoms. The van der Waals surface area contributed by atoms with Crippen LogP contribution in [0.3, 0.4) is 0 Å². The minimum absolute atomic E-state index is 0.0590. The van der Waals surface area contributed by atoms with Gasteiger partial charge in [0.1, 0.15) is 52.1 Å². The van der Waals surface area contributed by atoms with Gasteiger partial charge in [0, 0.05) is 60.9 Å². The van der Waals surface area contributed by atoms with Crippen LogP contribution in [-0.4, -0.2) is 131 Å². The molecule has 2 saturated heterocycles. The van der Waals surface area contributed by atoms with Crippen molar-refractivity contribution >= 4 is 34.9 Å². The number of benzene rings is 4. The van der Waals surface area contributed by atoms with Crippen LogP contribution in [0.5, 0.6) is 23.0 Å². The molecule has 9 aromatic rings. The predicted molar refractivity (Wildman–Crippen MR) is 355 cm³/mol. The Morgan fingerprint density at radius 3 is 1.46 bits per heavy atom. The van der Waals surface area contributed by atoms with Crippen LogP contribution in [0.2, 0.25) is 0 Å². The van der Waals surface area contributed by atoms with Crippen molar-refractivity contribution in [1.29, 1.82) is 0 Å². The minimum atomic E-state index is -1.06. The lowest BCUT2D eigenvalue weighted by molar-refractivity contribution is -0.163. The molecule has 23 heteroatoms. The van der Waals surface area contributed by atoms with Gasteiger partial charge in [-0.15, -0.1) is 0 Å². The molecule has 3 aliphatic rings. The maximum atomic E-state index is 12.7. The quantitative estimate of drug-likeness (QED) is 0.0198. The van der Waals surface area contributed by atoms with E-state index in [1.807, 2.05) is 110 Å². The molecule has 98 heavy (non-hydrogen) atoms. The summed E-state index contributed by atoms with van der Waals surface area (Å²) < 4.78 is 74.7. The summed E-state index contributed by atoms with van der Waals surface area (Å²) in [6.07, 6.45) is 3.21. The van der Waals surface area contributed by atoms with Gasteiger partial charge < -0.3 is 80.0 Å². The second-order valence-electron chi connectivity index (χ2n) is 22.5. The standard InChI is InChI=1S/C20H21NO5.C17H16O6.C16H18O5.C14H14O3.C8H10O3/c1-21(2)15-11-14(19(23)20(15)24)18(22)17-9-8-13(26-17)10-12-6-4-5-7-16(12)25-3;1-21-15-6-4-3-5-11(15)9-12-7-8-16(23-12)13(18)10-14(19)17(20)22-2;1-16(19-9-10-20-16)14-8-7-13(21-14)15(17)11-5-3-4-6-12(11)18-2;1-10(15)13-8-7-12(17-13)9-11-5-3-4-6-14(11)16-2;1-8(10-5-6-11-8)7-3-2-4-9-7/h4-9,15,23H,10-11H2,1-3H3;3-8,10,18H,9H2,1-2H3;3-8,15,17H,9-10H2,1-2H3;3-8H,9H2,1-2H3;2-4H,5-6H2,1H3. The van der Waals surface area contributed by atoms with Crippen molar-refractivity contribution in [2.24, 2.45) is 0 Å². The third-order valence-corrected chi connectivity index (χ3v) is 15.7. The third-order valence-electron chi connectivity index (χ3n) is 15.7. The Bertz CT molecular complexity index is 4180. The van der Waals surface area contributed by atoms with Crippen molar-refractivity contribution in [2.45, 2.75) is 70.2 Å². The summed E-state index contributed by atoms with van der Waals surface area (Å²) in [5.41, 5.74) is 3.66. The summed E-state index contributed by atoms with van der Waals surface area (Å²) in [7, 11) is 11.0. The van der Waals surface area contributed by atoms with Crippen LogP contribution in [0.25, 0.3) is 5.76 Å². The van der Waals surface area contributed by atoms with Crippen molar-refractivity contribution in [3.63, 3.8) is 0 Å². The smallest absolute Gasteiger partial charge is 0.378 e. The monoisotopic (exact) mass is 1350 g/mol. The number of hydrogen-bond donors (Lipinski definition) is 3. The molecule has 3 N–H and O–H groups in total. The first-order valence-electron chi connectivity index (χ1n) is 31.0. The van der Waals surface area contributed by atoms with E-state index >= 15 is 0 Å². The van der Waals surface area contributed by atoms with Gasteiger partial charge in [0.15, 0.2) is 46.1 Å². The van der Waals surface area contributed by atoms with E-state index in [9.17, 15) is 39.3 Å². The van der Waals surface area contributed by atoms with E-state index < -0.39 is 58.6 Å². The number of aliphatic hydroxyl groups is 3. The molecule has 2 unspecified atom stereocenters. The van der Waals surface area contributed by atoms with Crippen LogP contribution in [0.15, 0.2) is 203 Å². The Labute approximate surface area is 566 Å². The van der Waals surface area contributed by atoms with Gasteiger partial charge in [0.05, 0.1) is 79.9 Å². The van der Waals surface area contributed by atoms with Crippen molar-refractivity contribution in [1.82, 2.24) is 4.90 Å². The Morgan fingerprint density at radius 2 is 1.01 bits per heavy atom. The number of ketones is 4. The number of likely N-dealkylation sites (N-methyl/N-ethyl adjacent to an activating group) is 1. The number of aliphatic hydroxyl groups excluding tert-OH is 3. The van der Waals surface area contributed by atoms with Gasteiger partial charge in [-0.05, 0) is 113 Å². The van der Waals surface area contributed by atoms with Gasteiger partial charge in [0.2, 0.25) is 23.1 Å². The summed E-state index contributed by atoms with van der Waals surface area (Å²) in [6, 6.07) is 46.8. The van der Waals surface area contributed by atoms with Crippen LogP contribution >= 0.6 is 0 Å². The normalized spacial score (nSPS) is 15.4. The molecule has 4 aromatic carbocycles. The molecule has 2 atom stereocenters. The molecule has 0 amide bonds. The number of hydrogen-bond acceptors (Lipinski definition) is 23. The largest absolute Gasteiger partial charge is 0.504 e. The number of furan rings is 5. The molecule has 0 spiro atoms. The first kappa shape index (κ1) is 73.3. The third kappa shape index (κ3) is 18.7. The molecule has 2 aliphatic heterocycles. The molecule has 5 aromatic heterocycles. The zero-order chi connectivity index (χ0) is 70.5. The maximum absolute atomic E-state index is 12.7. The number of esters is 1. The van der Waals surface area contributed by atoms with Crippen molar-refractivity contribution in [3.05, 3.63) is 255 Å². The molecule has 0 saturated carbocycles. The second kappa shape index (κ2) is 34.4. The fraction of sp³-hybridized carbons (Fsp3) is 0.293. The highest BCUT2D eigenvalue weighted by molar-refractivity contribution is 6.39. The number of nitrogens with zero attached hydrogens (tertiary/aromatic N) is 1. The summed E-state index contributed by atoms with van der Waals surface area (Å²) in [4.78, 5) is 59.9. The Hall–Kier alpha value is -10.5. The zero-order valence-corrected chi connectivity index (χ0v) is 56.0. The Balaban J connectivity index is 0.000000160. The average Bonchev–Trinajstić information content (AvgIpc) is 1.66. The van der Waals surface area contributed by atoms with E-state index in [-0.39, 0.29) is 29.3 Å². The van der Waals surface area contributed by atoms with E-state index in [0.717, 1.165) is 58.6 Å². The van der Waals surface area contributed by atoms with Crippen LogP contribution in [0.1, 0.15) is 117 Å². The van der Waals surface area contributed by atoms with Crippen LogP contribution < -0.4 is 18.9 Å². The zero-order valence-electron chi connectivity index (χ0n) is 56.0. The van der Waals surface area contributed by atoms with Crippen LogP contribution in [-0.2, 0) is 68.9 Å². The number of para-hydroxylation sites is 4. The highest BCUT2D eigenvalue weighted by Crippen LogP contribution is 2.37. The van der Waals surface area contributed by atoms with Gasteiger partial charge in [-0.1, -0.05) is 72.8 Å². The number of ether oxygens (including phenoxy) is 9. The van der Waals surface area contributed by atoms with E-state index in [1.165, 1.54) is 13.0 Å². The molecular formula is C75H79NO22. The summed E-state index contributed by atoms with van der Waals surface area (Å²) >= 11 is 0. The van der Waals surface area contributed by atoms with E-state index in [0.29, 0.717) is 85.8 Å². The van der Waals surface area contributed by atoms with Crippen LogP contribution in [0.4, 0.5) is 0 Å². The van der Waals surface area contributed by atoms with Gasteiger partial charge in [-0.2, -0.15) is 0 Å². The minimum Gasteiger partial charge on any atom is -0.504 e. The van der Waals surface area contributed by atoms with Crippen LogP contribution in [0, 0.1) is 0 Å². The van der Waals surface area contributed by atoms with Gasteiger partial charge in [0.25, 0.3) is 5.78 Å². The molecule has 23 nitrogen and oxygen atoms in total. The second-order valence-corrected chi connectivity index (χ2v) is 22.5. The molecule has 1 aliphatic carbocycles. The summed E-state index contributed by atoms with van der Waals surface area (Å²) in [5, 5.41) is 30.4. The number of carbonyl (C=O) groups excluding carboxylic acids is 5. The van der Waals surface area contributed by atoms with Crippen molar-refractivity contribution in [2.75, 3.05) is 76.1 Å². The fourth-order valence-electron chi connectivity index (χ4n) is 10.4. The summed E-state index contributed by atoms with van der Waals surface area (Å²) in [5.74, 6) is 1.77. The molecule has 516 valence electrons. The molecule has 0 radical (unpaired) electrons. The number of Topliss-reactive ketones (excluding diaryl/α,β-unsaturated/α-hetero) is 3. The van der Waals surface area contributed by atoms with Gasteiger partial charge in [-0.3, -0.25) is 24.1 Å². The lowest BCUT2D eigenvalue weighted by Gasteiger charge is -2.19. The molecule has 7 heterocycles. The van der Waals surface area contributed by atoms with E-state index in [2.05, 4.69) is 4.74 Å². The lowest BCUT2D eigenvalue weighted by atomic mass is 10.1. The van der Waals surface area contributed by atoms with Gasteiger partial charge >= 0.3 is 5.97 Å². The number of carbonyl (C=O) groups is 5. The van der Waals surface area contributed by atoms with Crippen molar-refractivity contribution < 1.29 is 104 Å². The number of rotatable bonds is 21.